The highest BCUT2D eigenvalue weighted by Gasteiger charge is 2.00. The van der Waals surface area contributed by atoms with Gasteiger partial charge in [-0.25, -0.2) is 0 Å². The van der Waals surface area contributed by atoms with Gasteiger partial charge in [-0.15, -0.1) is 9.79 Å². The van der Waals surface area contributed by atoms with Crippen molar-refractivity contribution in [1.82, 2.24) is 0 Å². The van der Waals surface area contributed by atoms with Gasteiger partial charge in [0, 0.05) is 4.57 Å². The molecule has 0 radical (unpaired) electrons. The number of rotatable bonds is 6. The fraction of sp³-hybridized carbons (Fsp3) is 0.571. The summed E-state index contributed by atoms with van der Waals surface area (Å²) in [6.45, 7) is 4.52. The highest BCUT2D eigenvalue weighted by molar-refractivity contribution is 7.30. The van der Waals surface area contributed by atoms with Crippen molar-refractivity contribution in [3.05, 3.63) is 35.4 Å². The summed E-state index contributed by atoms with van der Waals surface area (Å²) in [5.74, 6) is 0. The summed E-state index contributed by atoms with van der Waals surface area (Å²) in [5.41, 5.74) is 3.14. The normalized spacial score (nSPS) is 9.56. The van der Waals surface area contributed by atoms with Crippen LogP contribution in [0.15, 0.2) is 24.3 Å². The summed E-state index contributed by atoms with van der Waals surface area (Å²) in [7, 11) is -2.87. The van der Waals surface area contributed by atoms with Crippen molar-refractivity contribution in [1.29, 1.82) is 0 Å². The molecule has 0 aliphatic rings. The van der Waals surface area contributed by atoms with Crippen LogP contribution in [-0.4, -0.2) is 9.79 Å². The van der Waals surface area contributed by atoms with Gasteiger partial charge in [0.1, 0.15) is 0 Å². The minimum Gasteiger partial charge on any atom is -0.134 e. The molecule has 0 amide bonds. The quantitative estimate of drug-likeness (QED) is 0.769. The Hall–Kier alpha value is -0.760. The molecule has 0 bridgehead atoms. The molecule has 1 aromatic carbocycles. The van der Waals surface area contributed by atoms with E-state index in [4.69, 9.17) is 14.4 Å². The van der Waals surface area contributed by atoms with Crippen LogP contribution in [0.3, 0.4) is 0 Å². The molecule has 18 heavy (non-hydrogen) atoms. The van der Waals surface area contributed by atoms with Crippen molar-refractivity contribution < 1.29 is 14.4 Å². The first kappa shape index (κ1) is 17.2. The van der Waals surface area contributed by atoms with Gasteiger partial charge in [0.2, 0.25) is 0 Å². The number of aryl methyl sites for hydroxylation is 2. The van der Waals surface area contributed by atoms with Crippen LogP contribution < -0.4 is 0 Å². The maximum Gasteiger partial charge on any atom is 0.692 e. The van der Waals surface area contributed by atoms with Crippen molar-refractivity contribution in [2.75, 3.05) is 0 Å². The lowest BCUT2D eigenvalue weighted by Gasteiger charge is -2.07. The third kappa shape index (κ3) is 9.29. The molecule has 0 aromatic heterocycles. The molecule has 0 unspecified atom stereocenters. The monoisotopic (exact) mass is 271 g/mol. The van der Waals surface area contributed by atoms with Crippen LogP contribution in [0.4, 0.5) is 0 Å². The van der Waals surface area contributed by atoms with Crippen LogP contribution in [-0.2, 0) is 17.4 Å². The van der Waals surface area contributed by atoms with E-state index in [0.717, 1.165) is 0 Å². The third-order valence-electron chi connectivity index (χ3n) is 2.72. The Morgan fingerprint density at radius 3 is 1.56 bits per heavy atom. The van der Waals surface area contributed by atoms with Crippen molar-refractivity contribution in [2.45, 2.75) is 52.4 Å². The van der Waals surface area contributed by atoms with E-state index in [2.05, 4.69) is 38.1 Å². The average Bonchev–Trinajstić information content (AvgIpc) is 2.34. The molecule has 0 atom stereocenters. The second-order valence-electron chi connectivity index (χ2n) is 4.23. The summed E-state index contributed by atoms with van der Waals surface area (Å²) in [5, 5.41) is 0. The van der Waals surface area contributed by atoms with Gasteiger partial charge in [-0.3, -0.25) is 0 Å². The Kier molecular flexibility index (Phi) is 10.9. The smallest absolute Gasteiger partial charge is 0.134 e. The SMILES string of the molecule is CCCCc1ccccc1CCCC.O=[P+](O)O. The van der Waals surface area contributed by atoms with Gasteiger partial charge in [-0.1, -0.05) is 51.0 Å². The highest BCUT2D eigenvalue weighted by Crippen LogP contribution is 2.14. The molecule has 0 aliphatic carbocycles. The Balaban J connectivity index is 0.000000631. The summed E-state index contributed by atoms with van der Waals surface area (Å²) in [6.07, 6.45) is 7.75. The van der Waals surface area contributed by atoms with E-state index in [9.17, 15) is 0 Å². The zero-order valence-electron chi connectivity index (χ0n) is 11.3. The van der Waals surface area contributed by atoms with Gasteiger partial charge in [-0.05, 0) is 36.8 Å². The Morgan fingerprint density at radius 1 is 0.944 bits per heavy atom. The Morgan fingerprint density at radius 2 is 1.28 bits per heavy atom. The molecule has 1 rings (SSSR count). The van der Waals surface area contributed by atoms with E-state index in [1.807, 2.05) is 0 Å². The largest absolute Gasteiger partial charge is 0.692 e. The number of unbranched alkanes of at least 4 members (excludes halogenated alkanes) is 2. The highest BCUT2D eigenvalue weighted by atomic mass is 31.1. The van der Waals surface area contributed by atoms with Crippen molar-refractivity contribution in [3.8, 4) is 0 Å². The molecule has 0 saturated heterocycles. The van der Waals surface area contributed by atoms with Gasteiger partial charge in [-0.2, -0.15) is 0 Å². The first-order chi connectivity index (χ1) is 8.61. The number of hydrogen-bond acceptors (Lipinski definition) is 1. The summed E-state index contributed by atoms with van der Waals surface area (Å²) >= 11 is 0. The van der Waals surface area contributed by atoms with E-state index in [1.165, 1.54) is 38.5 Å². The molecule has 0 saturated carbocycles. The molecule has 1 aromatic rings. The second kappa shape index (κ2) is 11.3. The van der Waals surface area contributed by atoms with E-state index < -0.39 is 8.25 Å². The van der Waals surface area contributed by atoms with Gasteiger partial charge in [0.15, 0.2) is 0 Å². The van der Waals surface area contributed by atoms with Gasteiger partial charge in [0.05, 0.1) is 0 Å². The molecule has 2 N–H and O–H groups in total. The second-order valence-corrected chi connectivity index (χ2v) is 4.73. The van der Waals surface area contributed by atoms with E-state index >= 15 is 0 Å². The summed E-state index contributed by atoms with van der Waals surface area (Å²) < 4.78 is 8.70. The maximum atomic E-state index is 8.70. The number of benzene rings is 1. The van der Waals surface area contributed by atoms with Crippen molar-refractivity contribution in [2.24, 2.45) is 0 Å². The third-order valence-corrected chi connectivity index (χ3v) is 2.72. The lowest BCUT2D eigenvalue weighted by Crippen LogP contribution is -1.94. The predicted molar refractivity (Wildman–Crippen MR) is 75.7 cm³/mol. The Bertz CT molecular complexity index is 309. The minimum absolute atomic E-state index is 1.26. The fourth-order valence-electron chi connectivity index (χ4n) is 1.78. The Labute approximate surface area is 111 Å². The summed E-state index contributed by atoms with van der Waals surface area (Å²) in [6, 6.07) is 8.92. The van der Waals surface area contributed by atoms with Crippen LogP contribution in [0.1, 0.15) is 50.7 Å². The predicted octanol–water partition coefficient (Wildman–Crippen LogP) is 4.00. The van der Waals surface area contributed by atoms with Crippen LogP contribution >= 0.6 is 8.25 Å². The van der Waals surface area contributed by atoms with Gasteiger partial charge < -0.3 is 0 Å². The van der Waals surface area contributed by atoms with E-state index in [-0.39, 0.29) is 0 Å². The molecule has 0 fully saturated rings. The molecule has 3 nitrogen and oxygen atoms in total. The maximum absolute atomic E-state index is 8.70. The molecule has 0 heterocycles. The molecule has 102 valence electrons. The topological polar surface area (TPSA) is 57.5 Å². The van der Waals surface area contributed by atoms with Gasteiger partial charge in [0.25, 0.3) is 0 Å². The average molecular weight is 271 g/mol. The minimum atomic E-state index is -2.87. The molecular weight excluding hydrogens is 247 g/mol. The van der Waals surface area contributed by atoms with Crippen LogP contribution in [0.2, 0.25) is 0 Å². The lowest BCUT2D eigenvalue weighted by atomic mass is 9.98. The van der Waals surface area contributed by atoms with Gasteiger partial charge >= 0.3 is 8.25 Å². The van der Waals surface area contributed by atoms with E-state index in [0.29, 0.717) is 0 Å². The fourth-order valence-corrected chi connectivity index (χ4v) is 1.78. The number of hydrogen-bond donors (Lipinski definition) is 2. The molecule has 0 spiro atoms. The lowest BCUT2D eigenvalue weighted by molar-refractivity contribution is 0.405. The zero-order chi connectivity index (χ0) is 13.8. The molecular formula is C14H24O3P+. The molecule has 4 heteroatoms. The summed E-state index contributed by atoms with van der Waals surface area (Å²) in [4.78, 5) is 14.2. The van der Waals surface area contributed by atoms with Crippen LogP contribution in [0.25, 0.3) is 0 Å². The van der Waals surface area contributed by atoms with Crippen LogP contribution in [0.5, 0.6) is 0 Å². The van der Waals surface area contributed by atoms with Crippen molar-refractivity contribution >= 4 is 8.25 Å². The first-order valence-electron chi connectivity index (χ1n) is 6.53. The van der Waals surface area contributed by atoms with E-state index in [1.54, 1.807) is 11.1 Å². The van der Waals surface area contributed by atoms with Crippen molar-refractivity contribution in [3.63, 3.8) is 0 Å². The van der Waals surface area contributed by atoms with Crippen LogP contribution in [0, 0.1) is 0 Å². The molecule has 0 aliphatic heterocycles. The standard InChI is InChI=1S/C14H22.HO3P/c1-3-5-9-13-11-7-8-12-14(13)10-6-4-2;1-4(2)3/h7-8,11-12H,3-6,9-10H2,1-2H3;(H-,1,2,3)/p+1. The zero-order valence-corrected chi connectivity index (χ0v) is 12.2. The first-order valence-corrected chi connectivity index (χ1v) is 7.70.